The fourth-order valence-electron chi connectivity index (χ4n) is 2.47. The monoisotopic (exact) mass is 411 g/mol. The molecule has 2 rings (SSSR count). The Balaban J connectivity index is 1.89. The first-order valence-electron chi connectivity index (χ1n) is 8.87. The second-order valence-corrected chi connectivity index (χ2v) is 5.92. The summed E-state index contributed by atoms with van der Waals surface area (Å²) in [6.07, 6.45) is 0. The molecular weight excluding hydrogens is 390 g/mol. The molecule has 0 spiro atoms. The Hall–Kier alpha value is -4.06. The van der Waals surface area contributed by atoms with Crippen molar-refractivity contribution in [3.05, 3.63) is 54.1 Å². The fourth-order valence-corrected chi connectivity index (χ4v) is 2.47. The van der Waals surface area contributed by atoms with Crippen LogP contribution in [0.4, 0.5) is 5.69 Å². The van der Waals surface area contributed by atoms with Crippen molar-refractivity contribution in [2.75, 3.05) is 38.8 Å². The van der Waals surface area contributed by atoms with Gasteiger partial charge in [0, 0.05) is 17.3 Å². The predicted octanol–water partition coefficient (Wildman–Crippen LogP) is 1.53. The number of esters is 1. The topological polar surface area (TPSA) is 118 Å². The van der Waals surface area contributed by atoms with E-state index in [1.54, 1.807) is 36.4 Å². The van der Waals surface area contributed by atoms with Gasteiger partial charge in [0.05, 0.1) is 20.3 Å². The van der Waals surface area contributed by atoms with E-state index in [2.05, 4.69) is 5.32 Å². The van der Waals surface area contributed by atoms with Gasteiger partial charge in [0.1, 0.15) is 24.6 Å². The van der Waals surface area contributed by atoms with Gasteiger partial charge in [-0.15, -0.1) is 0 Å². The number of nitrogens with zero attached hydrogens (tertiary/aromatic N) is 2. The third-order valence-electron chi connectivity index (χ3n) is 3.96. The number of rotatable bonds is 9. The van der Waals surface area contributed by atoms with E-state index in [1.807, 2.05) is 6.07 Å². The van der Waals surface area contributed by atoms with Gasteiger partial charge in [-0.3, -0.25) is 19.3 Å². The van der Waals surface area contributed by atoms with Crippen molar-refractivity contribution in [3.63, 3.8) is 0 Å². The average molecular weight is 411 g/mol. The Morgan fingerprint density at radius 1 is 1.03 bits per heavy atom. The molecule has 156 valence electrons. The van der Waals surface area contributed by atoms with E-state index < -0.39 is 30.9 Å². The van der Waals surface area contributed by atoms with Crippen LogP contribution in [0, 0.1) is 11.3 Å². The zero-order valence-electron chi connectivity index (χ0n) is 16.6. The molecule has 9 heteroatoms. The quantitative estimate of drug-likeness (QED) is 0.491. The van der Waals surface area contributed by atoms with Crippen LogP contribution in [-0.4, -0.2) is 51.7 Å². The van der Waals surface area contributed by atoms with Crippen molar-refractivity contribution in [1.82, 2.24) is 5.32 Å². The van der Waals surface area contributed by atoms with Crippen LogP contribution in [0.1, 0.15) is 10.4 Å². The first-order valence-corrected chi connectivity index (χ1v) is 8.87. The van der Waals surface area contributed by atoms with Gasteiger partial charge in [-0.1, -0.05) is 18.2 Å². The van der Waals surface area contributed by atoms with Crippen LogP contribution < -0.4 is 19.7 Å². The minimum absolute atomic E-state index is 0.186. The van der Waals surface area contributed by atoms with Crippen LogP contribution in [0.3, 0.4) is 0 Å². The molecule has 0 radical (unpaired) electrons. The highest BCUT2D eigenvalue weighted by atomic mass is 16.5. The first-order chi connectivity index (χ1) is 14.5. The molecule has 9 nitrogen and oxygen atoms in total. The number of nitrogens with one attached hydrogen (secondary N) is 1. The number of para-hydroxylation sites is 1. The number of amides is 2. The maximum atomic E-state index is 12.3. The van der Waals surface area contributed by atoms with Gasteiger partial charge in [-0.25, -0.2) is 0 Å². The Kier molecular flexibility index (Phi) is 8.20. The highest BCUT2D eigenvalue weighted by Gasteiger charge is 2.18. The van der Waals surface area contributed by atoms with Crippen molar-refractivity contribution >= 4 is 23.5 Å². The van der Waals surface area contributed by atoms with E-state index >= 15 is 0 Å². The zero-order chi connectivity index (χ0) is 21.9. The van der Waals surface area contributed by atoms with Crippen LogP contribution >= 0.6 is 0 Å². The molecule has 30 heavy (non-hydrogen) atoms. The summed E-state index contributed by atoms with van der Waals surface area (Å²) in [5, 5.41) is 11.3. The molecule has 1 N–H and O–H groups in total. The Morgan fingerprint density at radius 3 is 2.23 bits per heavy atom. The molecule has 2 amide bonds. The number of hydrogen-bond donors (Lipinski definition) is 1. The summed E-state index contributed by atoms with van der Waals surface area (Å²) in [6.45, 7) is -1.18. The van der Waals surface area contributed by atoms with Gasteiger partial charge in [0.15, 0.2) is 6.61 Å². The van der Waals surface area contributed by atoms with Crippen LogP contribution in [0.2, 0.25) is 0 Å². The maximum absolute atomic E-state index is 12.3. The molecule has 0 bridgehead atoms. The lowest BCUT2D eigenvalue weighted by Crippen LogP contribution is -2.37. The molecule has 0 atom stereocenters. The Morgan fingerprint density at radius 2 is 1.67 bits per heavy atom. The summed E-state index contributed by atoms with van der Waals surface area (Å²) in [5.41, 5.74) is 0.750. The van der Waals surface area contributed by atoms with Crippen LogP contribution in [-0.2, 0) is 14.3 Å². The lowest BCUT2D eigenvalue weighted by atomic mass is 10.2. The normalized spacial score (nSPS) is 9.77. The van der Waals surface area contributed by atoms with Crippen molar-refractivity contribution in [3.8, 4) is 17.6 Å². The summed E-state index contributed by atoms with van der Waals surface area (Å²) in [7, 11) is 2.91. The third kappa shape index (κ3) is 6.24. The molecule has 0 aliphatic heterocycles. The lowest BCUT2D eigenvalue weighted by molar-refractivity contribution is -0.146. The maximum Gasteiger partial charge on any atom is 0.325 e. The summed E-state index contributed by atoms with van der Waals surface area (Å²) in [5.74, 6) is -1.04. The molecule has 2 aromatic carbocycles. The SMILES string of the molecule is COc1cc(OC)cc(C(=O)NCC(=O)OCC(=O)N(CC#N)c2ccccc2)c1. The molecule has 0 heterocycles. The second kappa shape index (κ2) is 11.1. The molecule has 0 unspecified atom stereocenters. The van der Waals surface area contributed by atoms with E-state index in [0.29, 0.717) is 17.2 Å². The summed E-state index contributed by atoms with van der Waals surface area (Å²) in [6, 6.07) is 15.0. The number of anilines is 1. The third-order valence-corrected chi connectivity index (χ3v) is 3.96. The minimum atomic E-state index is -0.795. The van der Waals surface area contributed by atoms with Crippen molar-refractivity contribution < 1.29 is 28.6 Å². The standard InChI is InChI=1S/C21H21N3O6/c1-28-17-10-15(11-18(12-17)29-2)21(27)23-13-20(26)30-14-19(25)24(9-8-22)16-6-4-3-5-7-16/h3-7,10-12H,9,13-14H2,1-2H3,(H,23,27). The smallest absolute Gasteiger partial charge is 0.325 e. The van der Waals surface area contributed by atoms with Crippen molar-refractivity contribution in [2.24, 2.45) is 0 Å². The molecular formula is C21H21N3O6. The largest absolute Gasteiger partial charge is 0.497 e. The number of ether oxygens (including phenoxy) is 3. The van der Waals surface area contributed by atoms with E-state index in [-0.39, 0.29) is 12.1 Å². The van der Waals surface area contributed by atoms with E-state index in [1.165, 1.54) is 31.3 Å². The number of methoxy groups -OCH3 is 2. The van der Waals surface area contributed by atoms with E-state index in [9.17, 15) is 14.4 Å². The second-order valence-electron chi connectivity index (χ2n) is 5.92. The molecule has 0 aliphatic carbocycles. The summed E-state index contributed by atoms with van der Waals surface area (Å²) >= 11 is 0. The molecule has 0 fully saturated rings. The van der Waals surface area contributed by atoms with Gasteiger partial charge in [-0.05, 0) is 24.3 Å². The zero-order valence-corrected chi connectivity index (χ0v) is 16.6. The number of carbonyl (C=O) groups excluding carboxylic acids is 3. The molecule has 2 aromatic rings. The number of benzene rings is 2. The number of nitriles is 1. The Labute approximate surface area is 173 Å². The highest BCUT2D eigenvalue weighted by Crippen LogP contribution is 2.22. The highest BCUT2D eigenvalue weighted by molar-refractivity contribution is 5.98. The van der Waals surface area contributed by atoms with Gasteiger partial charge < -0.3 is 19.5 Å². The van der Waals surface area contributed by atoms with Gasteiger partial charge in [0.2, 0.25) is 0 Å². The number of carbonyl (C=O) groups is 3. The van der Waals surface area contributed by atoms with Gasteiger partial charge in [0.25, 0.3) is 11.8 Å². The fraction of sp³-hybridized carbons (Fsp3) is 0.238. The van der Waals surface area contributed by atoms with Crippen LogP contribution in [0.15, 0.2) is 48.5 Å². The van der Waals surface area contributed by atoms with Crippen molar-refractivity contribution in [1.29, 1.82) is 5.26 Å². The van der Waals surface area contributed by atoms with Crippen molar-refractivity contribution in [2.45, 2.75) is 0 Å². The van der Waals surface area contributed by atoms with Gasteiger partial charge in [-0.2, -0.15) is 5.26 Å². The van der Waals surface area contributed by atoms with Crippen LogP contribution in [0.25, 0.3) is 0 Å². The lowest BCUT2D eigenvalue weighted by Gasteiger charge is -2.19. The summed E-state index contributed by atoms with van der Waals surface area (Å²) < 4.78 is 15.1. The van der Waals surface area contributed by atoms with Gasteiger partial charge >= 0.3 is 5.97 Å². The predicted molar refractivity (Wildman–Crippen MR) is 107 cm³/mol. The first kappa shape index (κ1) is 22.2. The van der Waals surface area contributed by atoms with E-state index in [4.69, 9.17) is 19.5 Å². The Bertz CT molecular complexity index is 917. The molecule has 0 saturated carbocycles. The molecule has 0 saturated heterocycles. The molecule has 0 aromatic heterocycles. The van der Waals surface area contributed by atoms with E-state index in [0.717, 1.165) is 0 Å². The van der Waals surface area contributed by atoms with Crippen LogP contribution in [0.5, 0.6) is 11.5 Å². The number of hydrogen-bond acceptors (Lipinski definition) is 7. The molecule has 0 aliphatic rings. The average Bonchev–Trinajstić information content (AvgIpc) is 2.79. The summed E-state index contributed by atoms with van der Waals surface area (Å²) in [4.78, 5) is 37.7. The minimum Gasteiger partial charge on any atom is -0.497 e.